The molecule has 0 amide bonds. The number of carbonyl (C=O) groups is 2. The number of ketones is 1. The van der Waals surface area contributed by atoms with Crippen LogP contribution in [0.5, 0.6) is 0 Å². The minimum absolute atomic E-state index is 0.134. The van der Waals surface area contributed by atoms with Gasteiger partial charge in [-0.15, -0.1) is 0 Å². The van der Waals surface area contributed by atoms with E-state index in [9.17, 15) is 14.7 Å². The fraction of sp³-hybridized carbons (Fsp3) is 0.214. The van der Waals surface area contributed by atoms with Crippen LogP contribution in [0, 0.1) is 6.92 Å². The Morgan fingerprint density at radius 2 is 1.79 bits per heavy atom. The predicted octanol–water partition coefficient (Wildman–Crippen LogP) is 5.35. The molecule has 4 rings (SSSR count). The average molecular weight is 442 g/mol. The number of rotatable bonds is 8. The topological polar surface area (TPSA) is 68.0 Å². The number of fused-ring (bicyclic) bond motifs is 3. The van der Waals surface area contributed by atoms with E-state index in [-0.39, 0.29) is 25.2 Å². The molecule has 5 nitrogen and oxygen atoms in total. The van der Waals surface area contributed by atoms with Crippen LogP contribution in [0.4, 0.5) is 0 Å². The number of aryl methyl sites for hydroxylation is 1. The smallest absolute Gasteiger partial charge is 0.313 e. The van der Waals surface area contributed by atoms with Crippen molar-refractivity contribution in [1.82, 2.24) is 4.40 Å². The maximum absolute atomic E-state index is 12.1. The summed E-state index contributed by atoms with van der Waals surface area (Å²) < 4.78 is 6.98. The van der Waals surface area contributed by atoms with Gasteiger partial charge in [0, 0.05) is 34.8 Å². The minimum atomic E-state index is -0.991. The largest absolute Gasteiger partial charge is 0.466 e. The molecule has 0 saturated heterocycles. The van der Waals surface area contributed by atoms with Crippen LogP contribution in [0.1, 0.15) is 31.0 Å². The highest BCUT2D eigenvalue weighted by Crippen LogP contribution is 2.37. The van der Waals surface area contributed by atoms with Crippen molar-refractivity contribution < 1.29 is 19.4 Å². The Bertz CT molecular complexity index is 1330. The number of aromatic nitrogens is 1. The van der Waals surface area contributed by atoms with E-state index >= 15 is 0 Å². The second-order valence-electron chi connectivity index (χ2n) is 8.01. The summed E-state index contributed by atoms with van der Waals surface area (Å²) in [6.07, 6.45) is 4.12. The number of ether oxygens (including phenoxy) is 1. The monoisotopic (exact) mass is 441 g/mol. The molecule has 168 valence electrons. The molecule has 1 atom stereocenters. The van der Waals surface area contributed by atoms with Gasteiger partial charge < -0.3 is 14.2 Å². The van der Waals surface area contributed by atoms with Crippen LogP contribution in [-0.4, -0.2) is 34.0 Å². The van der Waals surface area contributed by atoms with Gasteiger partial charge in [-0.2, -0.15) is 0 Å². The highest BCUT2D eigenvalue weighted by molar-refractivity contribution is 6.06. The van der Waals surface area contributed by atoms with Crippen molar-refractivity contribution in [2.45, 2.75) is 32.8 Å². The van der Waals surface area contributed by atoms with Gasteiger partial charge >= 0.3 is 5.97 Å². The van der Waals surface area contributed by atoms with Crippen molar-refractivity contribution in [3.63, 3.8) is 0 Å². The summed E-state index contributed by atoms with van der Waals surface area (Å²) in [6, 6.07) is 20.5. The van der Waals surface area contributed by atoms with Gasteiger partial charge in [0.25, 0.3) is 0 Å². The van der Waals surface area contributed by atoms with Crippen LogP contribution in [0.15, 0.2) is 72.9 Å². The molecule has 0 aliphatic carbocycles. The molecule has 33 heavy (non-hydrogen) atoms. The number of pyridine rings is 1. The molecule has 0 aliphatic rings. The SMILES string of the molecule is CCOC(=O)CC(=O)CC(O)/C=C/c1c(-c2ccccc2)c2c3ccccc3ccn2c1C. The maximum atomic E-state index is 12.1. The number of Topliss-reactive ketones (excluding diaryl/α,β-unsaturated/α-hetero) is 1. The van der Waals surface area contributed by atoms with Crippen LogP contribution in [0.25, 0.3) is 33.5 Å². The highest BCUT2D eigenvalue weighted by atomic mass is 16.5. The first-order valence-corrected chi connectivity index (χ1v) is 11.1. The van der Waals surface area contributed by atoms with Gasteiger partial charge in [-0.1, -0.05) is 66.7 Å². The lowest BCUT2D eigenvalue weighted by atomic mass is 9.98. The molecule has 1 unspecified atom stereocenters. The number of benzene rings is 2. The van der Waals surface area contributed by atoms with Gasteiger partial charge in [0.2, 0.25) is 0 Å². The summed E-state index contributed by atoms with van der Waals surface area (Å²) in [7, 11) is 0. The van der Waals surface area contributed by atoms with Crippen molar-refractivity contribution in [3.05, 3.63) is 84.2 Å². The van der Waals surface area contributed by atoms with E-state index in [1.54, 1.807) is 13.0 Å². The van der Waals surface area contributed by atoms with Crippen LogP contribution >= 0.6 is 0 Å². The Hall–Kier alpha value is -3.70. The molecule has 1 N–H and O–H groups in total. The summed E-state index contributed by atoms with van der Waals surface area (Å²) >= 11 is 0. The zero-order valence-electron chi connectivity index (χ0n) is 18.8. The number of aliphatic hydroxyl groups excluding tert-OH is 1. The van der Waals surface area contributed by atoms with E-state index in [1.165, 1.54) is 0 Å². The molecule has 0 radical (unpaired) electrons. The van der Waals surface area contributed by atoms with Gasteiger partial charge in [0.05, 0.1) is 18.2 Å². The third-order valence-corrected chi connectivity index (χ3v) is 5.75. The Kier molecular flexibility index (Phi) is 6.71. The van der Waals surface area contributed by atoms with Gasteiger partial charge in [-0.3, -0.25) is 9.59 Å². The first kappa shape index (κ1) is 22.5. The molecular weight excluding hydrogens is 414 g/mol. The van der Waals surface area contributed by atoms with Crippen molar-refractivity contribution in [2.75, 3.05) is 6.61 Å². The maximum Gasteiger partial charge on any atom is 0.313 e. The third-order valence-electron chi connectivity index (χ3n) is 5.75. The lowest BCUT2D eigenvalue weighted by Crippen LogP contribution is -2.16. The molecule has 4 aromatic rings. The second kappa shape index (κ2) is 9.84. The van der Waals surface area contributed by atoms with E-state index in [1.807, 2.05) is 43.3 Å². The molecule has 2 aromatic carbocycles. The Labute approximate surface area is 192 Å². The van der Waals surface area contributed by atoms with E-state index in [4.69, 9.17) is 4.74 Å². The van der Waals surface area contributed by atoms with E-state index in [0.717, 1.165) is 38.7 Å². The summed E-state index contributed by atoms with van der Waals surface area (Å²) in [5.41, 5.74) is 5.27. The quantitative estimate of drug-likeness (QED) is 0.295. The molecule has 0 bridgehead atoms. The van der Waals surface area contributed by atoms with Gasteiger partial charge in [0.1, 0.15) is 12.2 Å². The first-order valence-electron chi connectivity index (χ1n) is 11.1. The predicted molar refractivity (Wildman–Crippen MR) is 131 cm³/mol. The average Bonchev–Trinajstić information content (AvgIpc) is 3.10. The molecule has 2 heterocycles. The third kappa shape index (κ3) is 4.73. The lowest BCUT2D eigenvalue weighted by molar-refractivity contribution is -0.145. The van der Waals surface area contributed by atoms with Crippen LogP contribution in [0.2, 0.25) is 0 Å². The first-order chi connectivity index (χ1) is 16.0. The molecule has 0 spiro atoms. The molecule has 5 heteroatoms. The second-order valence-corrected chi connectivity index (χ2v) is 8.01. The van der Waals surface area contributed by atoms with Gasteiger partial charge in [0.15, 0.2) is 0 Å². The van der Waals surface area contributed by atoms with Gasteiger partial charge in [-0.25, -0.2) is 0 Å². The Morgan fingerprint density at radius 1 is 1.06 bits per heavy atom. The molecular formula is C28H27NO4. The molecule has 0 aliphatic heterocycles. The van der Waals surface area contributed by atoms with Crippen molar-refractivity contribution in [1.29, 1.82) is 0 Å². The molecule has 0 saturated carbocycles. The number of carbonyl (C=O) groups excluding carboxylic acids is 2. The van der Waals surface area contributed by atoms with Crippen molar-refractivity contribution in [3.8, 4) is 11.1 Å². The highest BCUT2D eigenvalue weighted by Gasteiger charge is 2.18. The van der Waals surface area contributed by atoms with E-state index < -0.39 is 12.1 Å². The Balaban J connectivity index is 1.75. The summed E-state index contributed by atoms with van der Waals surface area (Å²) in [6.45, 7) is 3.97. The van der Waals surface area contributed by atoms with E-state index in [0.29, 0.717) is 0 Å². The van der Waals surface area contributed by atoms with Crippen LogP contribution < -0.4 is 0 Å². The summed E-state index contributed by atoms with van der Waals surface area (Å²) in [4.78, 5) is 23.6. The molecule has 2 aromatic heterocycles. The number of esters is 1. The zero-order valence-corrected chi connectivity index (χ0v) is 18.8. The summed E-state index contributed by atoms with van der Waals surface area (Å²) in [5.74, 6) is -0.912. The Morgan fingerprint density at radius 3 is 2.55 bits per heavy atom. The van der Waals surface area contributed by atoms with Crippen LogP contribution in [0.3, 0.4) is 0 Å². The minimum Gasteiger partial charge on any atom is -0.466 e. The number of aliphatic hydroxyl groups is 1. The van der Waals surface area contributed by atoms with Crippen molar-refractivity contribution >= 4 is 34.1 Å². The molecule has 0 fully saturated rings. The number of hydrogen-bond acceptors (Lipinski definition) is 4. The summed E-state index contributed by atoms with van der Waals surface area (Å²) in [5, 5.41) is 12.8. The lowest BCUT2D eigenvalue weighted by Gasteiger charge is -2.07. The number of nitrogens with zero attached hydrogens (tertiary/aromatic N) is 1. The van der Waals surface area contributed by atoms with Gasteiger partial charge in [-0.05, 0) is 30.9 Å². The standard InChI is InChI=1S/C28H27NO4/c1-3-33-26(32)18-23(31)17-22(30)13-14-24-19(2)29-16-15-20-9-7-8-12-25(20)28(29)27(24)21-10-5-4-6-11-21/h4-16,22,30H,3,17-18H2,1-2H3/b14-13+. The number of hydrogen-bond donors (Lipinski definition) is 1. The van der Waals surface area contributed by atoms with E-state index in [2.05, 4.69) is 40.9 Å². The normalized spacial score (nSPS) is 12.5. The van der Waals surface area contributed by atoms with Crippen molar-refractivity contribution in [2.24, 2.45) is 0 Å². The fourth-order valence-corrected chi connectivity index (χ4v) is 4.24. The fourth-order valence-electron chi connectivity index (χ4n) is 4.24. The zero-order chi connectivity index (χ0) is 23.4. The van der Waals surface area contributed by atoms with Crippen LogP contribution in [-0.2, 0) is 14.3 Å².